The first-order valence-electron chi connectivity index (χ1n) is 5.84. The lowest BCUT2D eigenvalue weighted by Gasteiger charge is -2.15. The third-order valence-electron chi connectivity index (χ3n) is 2.70. The lowest BCUT2D eigenvalue weighted by atomic mass is 10.1. The number of aliphatic hydroxyl groups is 1. The fraction of sp³-hybridized carbons (Fsp3) is 0.385. The van der Waals surface area contributed by atoms with E-state index in [4.69, 9.17) is 8.83 Å². The topological polar surface area (TPSA) is 58.5 Å². The minimum absolute atomic E-state index is 0.161. The summed E-state index contributed by atoms with van der Waals surface area (Å²) in [5.41, 5.74) is 0. The van der Waals surface area contributed by atoms with Crippen LogP contribution in [0.2, 0.25) is 0 Å². The molecule has 0 radical (unpaired) electrons. The van der Waals surface area contributed by atoms with E-state index in [0.29, 0.717) is 18.7 Å². The highest BCUT2D eigenvalue weighted by atomic mass is 79.9. The molecule has 0 saturated heterocycles. The van der Waals surface area contributed by atoms with Gasteiger partial charge in [0, 0.05) is 6.04 Å². The summed E-state index contributed by atoms with van der Waals surface area (Å²) in [4.78, 5) is 0. The summed E-state index contributed by atoms with van der Waals surface area (Å²) in [5, 5.41) is 13.2. The maximum absolute atomic E-state index is 9.92. The van der Waals surface area contributed by atoms with Crippen LogP contribution in [0.4, 0.5) is 0 Å². The van der Waals surface area contributed by atoms with Gasteiger partial charge in [-0.1, -0.05) is 0 Å². The van der Waals surface area contributed by atoms with Crippen molar-refractivity contribution in [2.75, 3.05) is 0 Å². The molecule has 0 aromatic carbocycles. The molecule has 0 bridgehead atoms. The predicted octanol–water partition coefficient (Wildman–Crippen LogP) is 3.24. The second-order valence-electron chi connectivity index (χ2n) is 4.25. The molecule has 2 atom stereocenters. The summed E-state index contributed by atoms with van der Waals surface area (Å²) in [6, 6.07) is 7.48. The first-order chi connectivity index (χ1) is 8.65. The zero-order valence-electron chi connectivity index (χ0n) is 10.1. The van der Waals surface area contributed by atoms with Crippen LogP contribution in [-0.4, -0.2) is 11.1 Å². The molecule has 0 aliphatic carbocycles. The third-order valence-corrected chi connectivity index (χ3v) is 3.13. The van der Waals surface area contributed by atoms with Gasteiger partial charge >= 0.3 is 0 Å². The van der Waals surface area contributed by atoms with Crippen LogP contribution < -0.4 is 5.32 Å². The molecule has 0 saturated carbocycles. The molecule has 0 unspecified atom stereocenters. The van der Waals surface area contributed by atoms with Gasteiger partial charge in [-0.25, -0.2) is 0 Å². The first-order valence-corrected chi connectivity index (χ1v) is 6.63. The van der Waals surface area contributed by atoms with Crippen molar-refractivity contribution in [2.45, 2.75) is 32.0 Å². The van der Waals surface area contributed by atoms with Gasteiger partial charge in [0.15, 0.2) is 4.67 Å². The van der Waals surface area contributed by atoms with E-state index in [1.165, 1.54) is 0 Å². The molecule has 2 aromatic heterocycles. The summed E-state index contributed by atoms with van der Waals surface area (Å²) in [6.07, 6.45) is 1.58. The summed E-state index contributed by atoms with van der Waals surface area (Å²) < 4.78 is 11.3. The highest BCUT2D eigenvalue weighted by molar-refractivity contribution is 9.10. The quantitative estimate of drug-likeness (QED) is 0.859. The van der Waals surface area contributed by atoms with E-state index in [2.05, 4.69) is 21.2 Å². The van der Waals surface area contributed by atoms with Crippen molar-refractivity contribution in [3.8, 4) is 0 Å². The van der Waals surface area contributed by atoms with Crippen molar-refractivity contribution in [2.24, 2.45) is 0 Å². The standard InChI is InChI=1S/C13H16BrNO3/c1-9(7-11(16)12-3-2-6-17-12)15-8-10-4-5-13(14)18-10/h2-6,9,11,15-16H,7-8H2,1H3/t9-,11+/m0/s1. The lowest BCUT2D eigenvalue weighted by molar-refractivity contribution is 0.128. The molecule has 2 aromatic rings. The Labute approximate surface area is 114 Å². The Balaban J connectivity index is 1.76. The van der Waals surface area contributed by atoms with E-state index in [1.807, 2.05) is 19.1 Å². The number of furan rings is 2. The molecule has 2 N–H and O–H groups in total. The van der Waals surface area contributed by atoms with Gasteiger partial charge in [-0.2, -0.15) is 0 Å². The lowest BCUT2D eigenvalue weighted by Crippen LogP contribution is -2.27. The van der Waals surface area contributed by atoms with E-state index in [1.54, 1.807) is 18.4 Å². The van der Waals surface area contributed by atoms with Gasteiger partial charge in [-0.15, -0.1) is 0 Å². The summed E-state index contributed by atoms with van der Waals surface area (Å²) in [6.45, 7) is 2.65. The van der Waals surface area contributed by atoms with Gasteiger partial charge in [0.2, 0.25) is 0 Å². The monoisotopic (exact) mass is 313 g/mol. The van der Waals surface area contributed by atoms with Crippen molar-refractivity contribution in [1.82, 2.24) is 5.32 Å². The molecule has 0 fully saturated rings. The molecule has 98 valence electrons. The molecule has 0 aliphatic heterocycles. The highest BCUT2D eigenvalue weighted by Crippen LogP contribution is 2.19. The zero-order chi connectivity index (χ0) is 13.0. The molecule has 0 spiro atoms. The molecule has 0 amide bonds. The average molecular weight is 314 g/mol. The third kappa shape index (κ3) is 3.73. The molecule has 0 aliphatic rings. The van der Waals surface area contributed by atoms with Gasteiger partial charge in [0.05, 0.1) is 12.8 Å². The smallest absolute Gasteiger partial charge is 0.169 e. The van der Waals surface area contributed by atoms with Gasteiger partial charge in [-0.05, 0) is 53.5 Å². The average Bonchev–Trinajstić information content (AvgIpc) is 2.97. The van der Waals surface area contributed by atoms with Crippen LogP contribution in [0.15, 0.2) is 44.0 Å². The zero-order valence-corrected chi connectivity index (χ0v) is 11.7. The molecular weight excluding hydrogens is 298 g/mol. The van der Waals surface area contributed by atoms with Crippen LogP contribution in [-0.2, 0) is 6.54 Å². The second-order valence-corrected chi connectivity index (χ2v) is 5.04. The summed E-state index contributed by atoms with van der Waals surface area (Å²) in [5.74, 6) is 1.46. The Kier molecular flexibility index (Phi) is 4.63. The maximum atomic E-state index is 9.92. The fourth-order valence-electron chi connectivity index (χ4n) is 1.74. The molecule has 2 rings (SSSR count). The highest BCUT2D eigenvalue weighted by Gasteiger charge is 2.14. The van der Waals surface area contributed by atoms with Gasteiger partial charge in [-0.3, -0.25) is 0 Å². The van der Waals surface area contributed by atoms with Gasteiger partial charge in [0.25, 0.3) is 0 Å². The van der Waals surface area contributed by atoms with Gasteiger partial charge in [0.1, 0.15) is 17.6 Å². The summed E-state index contributed by atoms with van der Waals surface area (Å²) in [7, 11) is 0. The van der Waals surface area contributed by atoms with Crippen LogP contribution in [0.25, 0.3) is 0 Å². The fourth-order valence-corrected chi connectivity index (χ4v) is 2.08. The number of halogens is 1. The Morgan fingerprint density at radius 1 is 1.39 bits per heavy atom. The first kappa shape index (κ1) is 13.4. The van der Waals surface area contributed by atoms with E-state index < -0.39 is 6.10 Å². The SMILES string of the molecule is C[C@@H](C[C@@H](O)c1ccco1)NCc1ccc(Br)o1. The van der Waals surface area contributed by atoms with Crippen molar-refractivity contribution in [1.29, 1.82) is 0 Å². The van der Waals surface area contributed by atoms with Crippen LogP contribution in [0.1, 0.15) is 31.0 Å². The molecule has 18 heavy (non-hydrogen) atoms. The maximum Gasteiger partial charge on any atom is 0.169 e. The number of aliphatic hydroxyl groups excluding tert-OH is 1. The van der Waals surface area contributed by atoms with E-state index in [9.17, 15) is 5.11 Å². The predicted molar refractivity (Wildman–Crippen MR) is 71.0 cm³/mol. The molecule has 5 heteroatoms. The minimum atomic E-state index is -0.578. The Bertz CT molecular complexity index is 466. The number of hydrogen-bond donors (Lipinski definition) is 2. The second kappa shape index (κ2) is 6.22. The number of hydrogen-bond acceptors (Lipinski definition) is 4. The Morgan fingerprint density at radius 3 is 2.83 bits per heavy atom. The normalized spacial score (nSPS) is 14.6. The van der Waals surface area contributed by atoms with E-state index in [0.717, 1.165) is 10.4 Å². The number of rotatable bonds is 6. The van der Waals surface area contributed by atoms with Crippen LogP contribution in [0, 0.1) is 0 Å². The van der Waals surface area contributed by atoms with Crippen LogP contribution >= 0.6 is 15.9 Å². The van der Waals surface area contributed by atoms with Crippen molar-refractivity contribution in [3.05, 3.63) is 46.7 Å². The van der Waals surface area contributed by atoms with Crippen LogP contribution in [0.3, 0.4) is 0 Å². The van der Waals surface area contributed by atoms with Crippen molar-refractivity contribution in [3.63, 3.8) is 0 Å². The van der Waals surface area contributed by atoms with E-state index in [-0.39, 0.29) is 6.04 Å². The largest absolute Gasteiger partial charge is 0.467 e. The summed E-state index contributed by atoms with van der Waals surface area (Å²) >= 11 is 3.26. The van der Waals surface area contributed by atoms with Gasteiger partial charge < -0.3 is 19.3 Å². The van der Waals surface area contributed by atoms with Crippen molar-refractivity contribution < 1.29 is 13.9 Å². The molecular formula is C13H16BrNO3. The minimum Gasteiger partial charge on any atom is -0.467 e. The number of nitrogens with one attached hydrogen (secondary N) is 1. The molecule has 4 nitrogen and oxygen atoms in total. The van der Waals surface area contributed by atoms with Crippen LogP contribution in [0.5, 0.6) is 0 Å². The Morgan fingerprint density at radius 2 is 2.22 bits per heavy atom. The van der Waals surface area contributed by atoms with Crippen molar-refractivity contribution >= 4 is 15.9 Å². The Hall–Kier alpha value is -1.04. The van der Waals surface area contributed by atoms with E-state index >= 15 is 0 Å². The molecule has 2 heterocycles.